The lowest BCUT2D eigenvalue weighted by Gasteiger charge is -2.34. The predicted octanol–water partition coefficient (Wildman–Crippen LogP) is 8.08. The van der Waals surface area contributed by atoms with E-state index >= 15 is 0 Å². The third-order valence-electron chi connectivity index (χ3n) is 10.2. The van der Waals surface area contributed by atoms with Gasteiger partial charge in [-0.15, -0.1) is 20.5 Å². The van der Waals surface area contributed by atoms with Gasteiger partial charge >= 0.3 is 6.16 Å². The molecule has 6 rings (SSSR count). The number of nitriles is 1. The number of hydrogen-bond donors (Lipinski definition) is 1. The minimum Gasteiger partial charge on any atom is -0.384 e. The van der Waals surface area contributed by atoms with Crippen molar-refractivity contribution in [3.63, 3.8) is 0 Å². The molecule has 21 nitrogen and oxygen atoms in total. The van der Waals surface area contributed by atoms with Crippen LogP contribution in [-0.4, -0.2) is 44.8 Å². The van der Waals surface area contributed by atoms with Gasteiger partial charge in [-0.2, -0.15) is 5.26 Å². The number of ether oxygens (including phenoxy) is 4. The molecule has 1 unspecified atom stereocenters. The summed E-state index contributed by atoms with van der Waals surface area (Å²) in [5, 5.41) is 50.8. The number of fused-ring (bicyclic) bond motifs is 4. The van der Waals surface area contributed by atoms with Crippen molar-refractivity contribution in [3.05, 3.63) is 105 Å². The summed E-state index contributed by atoms with van der Waals surface area (Å²) in [6, 6.07) is 8.50. The van der Waals surface area contributed by atoms with Crippen LogP contribution in [0.5, 0.6) is 23.3 Å². The van der Waals surface area contributed by atoms with Gasteiger partial charge in [0.15, 0.2) is 17.2 Å². The van der Waals surface area contributed by atoms with Gasteiger partial charge in [0.1, 0.15) is 28.7 Å². The number of pyridine rings is 2. The number of nitro groups is 2. The van der Waals surface area contributed by atoms with Gasteiger partial charge in [0.25, 0.3) is 28.2 Å². The molecule has 0 bridgehead atoms. The molecule has 0 saturated carbocycles. The van der Waals surface area contributed by atoms with E-state index in [2.05, 4.69) is 46.1 Å². The first-order chi connectivity index (χ1) is 29.7. The first-order valence-electron chi connectivity index (χ1n) is 20.0. The largest absolute Gasteiger partial charge is 0.613 e. The minimum absolute atomic E-state index is 0.0135. The highest BCUT2D eigenvalue weighted by molar-refractivity contribution is 5.68. The van der Waals surface area contributed by atoms with Crippen LogP contribution in [-0.2, 0) is 13.1 Å². The number of nitro benzene ring substituents is 2. The summed E-state index contributed by atoms with van der Waals surface area (Å²) in [7, 11) is 0. The fraction of sp³-hybridized carbons (Fsp3) is 0.415. The lowest BCUT2D eigenvalue weighted by atomic mass is 10.1. The average Bonchev–Trinajstić information content (AvgIpc) is 3.36. The van der Waals surface area contributed by atoms with Gasteiger partial charge in [-0.1, -0.05) is 26.7 Å². The molecule has 0 amide bonds. The standard InChI is InChI=1S/C35H30N10O10.C6H15N/c1-6-8-14-42-31(46)23(18-36)19(3)29-33(42)54-35(52-26-12-10-21(44(48)49)16-24(26)38-40-29)53-27-13-11-22(45(50)51)17-25(27)39-41-30-20(4)28(37-5)32(47)43(15-9-7-2)34(30)55-35;1-4-7(5-2)6-3/h10-13,16-17H,6-9,14-15H2,1-4H3;4-6H2,1-3H3/p+1. The van der Waals surface area contributed by atoms with Crippen LogP contribution in [0.15, 0.2) is 66.4 Å². The Labute approximate surface area is 355 Å². The molecule has 62 heavy (non-hydrogen) atoms. The topological polar surface area (TPSA) is 249 Å². The Kier molecular flexibility index (Phi) is 14.5. The summed E-state index contributed by atoms with van der Waals surface area (Å²) in [6.07, 6.45) is -0.991. The normalized spacial score (nSPS) is 14.6. The van der Waals surface area contributed by atoms with Crippen molar-refractivity contribution in [1.29, 1.82) is 5.26 Å². The van der Waals surface area contributed by atoms with E-state index in [4.69, 9.17) is 25.5 Å². The number of azo groups is 2. The van der Waals surface area contributed by atoms with Gasteiger partial charge in [0.05, 0.1) is 36.1 Å². The van der Waals surface area contributed by atoms with Crippen LogP contribution in [0.4, 0.5) is 39.8 Å². The Morgan fingerprint density at radius 2 is 1.19 bits per heavy atom. The van der Waals surface area contributed by atoms with Crippen LogP contribution in [0, 0.1) is 52.0 Å². The average molecular weight is 853 g/mol. The maximum Gasteiger partial charge on any atom is 0.613 e. The van der Waals surface area contributed by atoms with Crippen molar-refractivity contribution in [2.75, 3.05) is 19.6 Å². The summed E-state index contributed by atoms with van der Waals surface area (Å²) in [6.45, 7) is 24.9. The van der Waals surface area contributed by atoms with Crippen LogP contribution in [0.2, 0.25) is 0 Å². The van der Waals surface area contributed by atoms with Crippen LogP contribution in [0.25, 0.3) is 4.85 Å². The molecule has 1 atom stereocenters. The molecule has 0 aliphatic carbocycles. The van der Waals surface area contributed by atoms with Crippen LogP contribution < -0.4 is 35.0 Å². The number of nitrogens with zero attached hydrogens (tertiary/aromatic N) is 10. The molecule has 0 fully saturated rings. The van der Waals surface area contributed by atoms with Gasteiger partial charge in [-0.25, -0.2) is 4.85 Å². The SMILES string of the molecule is CC[NH+](CC)CC.[C-]#[N+]c1c(C)c2c(n(CCCC)c1=O)OC1(Oc3ccc([N+](=O)[O-])cc3N=Nc3c(C)c(C#N)c(=O)n(CCCC)c3O1)Oc1ccc([N+](=O)[O-])cc1N=N2. The third-order valence-corrected chi connectivity index (χ3v) is 10.2. The number of nitrogens with one attached hydrogen (secondary N) is 1. The van der Waals surface area contributed by atoms with Gasteiger partial charge in [0.2, 0.25) is 11.8 Å². The summed E-state index contributed by atoms with van der Waals surface area (Å²) in [4.78, 5) is 55.3. The summed E-state index contributed by atoms with van der Waals surface area (Å²) < 4.78 is 28.1. The summed E-state index contributed by atoms with van der Waals surface area (Å²) >= 11 is 0. The Morgan fingerprint density at radius 1 is 0.742 bits per heavy atom. The highest BCUT2D eigenvalue weighted by atomic mass is 17.0. The van der Waals surface area contributed by atoms with Crippen molar-refractivity contribution < 1.29 is 33.7 Å². The van der Waals surface area contributed by atoms with Gasteiger partial charge in [-0.3, -0.25) is 39.0 Å². The number of hydrogen-bond acceptors (Lipinski definition) is 15. The molecule has 0 radical (unpaired) electrons. The zero-order valence-corrected chi connectivity index (χ0v) is 35.4. The van der Waals surface area contributed by atoms with E-state index in [9.17, 15) is 35.1 Å². The molecule has 2 aliphatic heterocycles. The van der Waals surface area contributed by atoms with Gasteiger partial charge in [0, 0.05) is 42.9 Å². The molecule has 2 aliphatic rings. The fourth-order valence-electron chi connectivity index (χ4n) is 6.48. The lowest BCUT2D eigenvalue weighted by Crippen LogP contribution is -3.11. The van der Waals surface area contributed by atoms with Crippen molar-refractivity contribution in [1.82, 2.24) is 9.13 Å². The fourth-order valence-corrected chi connectivity index (χ4v) is 6.48. The van der Waals surface area contributed by atoms with E-state index in [0.29, 0.717) is 25.7 Å². The number of quaternary nitrogens is 1. The molecule has 0 saturated heterocycles. The monoisotopic (exact) mass is 852 g/mol. The number of rotatable bonds is 11. The molecular formula is C41H46N11O10+. The quantitative estimate of drug-likeness (QED) is 0.0857. The van der Waals surface area contributed by atoms with Crippen molar-refractivity contribution in [2.24, 2.45) is 20.5 Å². The molecule has 2 aromatic heterocycles. The van der Waals surface area contributed by atoms with Crippen molar-refractivity contribution >= 4 is 39.8 Å². The van der Waals surface area contributed by atoms with E-state index in [1.807, 2.05) is 19.9 Å². The second-order valence-corrected chi connectivity index (χ2v) is 14.1. The summed E-state index contributed by atoms with van der Waals surface area (Å²) in [5.41, 5.74) is -3.76. The molecular weight excluding hydrogens is 807 g/mol. The second kappa shape index (κ2) is 19.7. The van der Waals surface area contributed by atoms with E-state index in [0.717, 1.165) is 45.5 Å². The molecule has 4 heterocycles. The lowest BCUT2D eigenvalue weighted by molar-refractivity contribution is -0.894. The first-order valence-corrected chi connectivity index (χ1v) is 20.0. The van der Waals surface area contributed by atoms with E-state index in [-0.39, 0.29) is 81.5 Å². The number of unbranched alkanes of at least 4 members (excludes halogenated alkanes) is 2. The highest BCUT2D eigenvalue weighted by Crippen LogP contribution is 2.47. The summed E-state index contributed by atoms with van der Waals surface area (Å²) in [5.74, 6) is -1.31. The second-order valence-electron chi connectivity index (χ2n) is 14.1. The van der Waals surface area contributed by atoms with Crippen molar-refractivity contribution in [3.8, 4) is 29.3 Å². The molecule has 324 valence electrons. The maximum absolute atomic E-state index is 13.9. The Bertz CT molecular complexity index is 2470. The zero-order chi connectivity index (χ0) is 45.3. The van der Waals surface area contributed by atoms with Crippen LogP contribution in [0.3, 0.4) is 0 Å². The molecule has 4 aromatic rings. The maximum atomic E-state index is 13.9. The molecule has 1 N–H and O–H groups in total. The Balaban J connectivity index is 0.000000955. The highest BCUT2D eigenvalue weighted by Gasteiger charge is 2.49. The van der Waals surface area contributed by atoms with Crippen molar-refractivity contribution in [2.45, 2.75) is 93.4 Å². The predicted molar refractivity (Wildman–Crippen MR) is 224 cm³/mol. The number of benzene rings is 2. The van der Waals surface area contributed by atoms with E-state index < -0.39 is 38.5 Å². The Hall–Kier alpha value is -7.52. The van der Waals surface area contributed by atoms with Gasteiger partial charge in [-0.05, 0) is 65.2 Å². The minimum atomic E-state index is -3.00. The molecule has 2 aromatic carbocycles. The van der Waals surface area contributed by atoms with Crippen LogP contribution >= 0.6 is 0 Å². The molecule has 1 spiro atoms. The van der Waals surface area contributed by atoms with Crippen LogP contribution in [0.1, 0.15) is 77.0 Å². The first kappa shape index (κ1) is 45.6. The van der Waals surface area contributed by atoms with Gasteiger partial charge < -0.3 is 23.8 Å². The number of aromatic nitrogens is 2. The smallest absolute Gasteiger partial charge is 0.384 e. The Morgan fingerprint density at radius 3 is 1.58 bits per heavy atom. The molecule has 21 heteroatoms. The zero-order valence-electron chi connectivity index (χ0n) is 35.4. The van der Waals surface area contributed by atoms with E-state index in [1.54, 1.807) is 4.90 Å². The van der Waals surface area contributed by atoms with E-state index in [1.165, 1.54) is 33.5 Å². The third kappa shape index (κ3) is 9.27. The number of non-ortho nitro benzene ring substituents is 2.